The Hall–Kier alpha value is -1.78. The molecule has 2 rings (SSSR count). The summed E-state index contributed by atoms with van der Waals surface area (Å²) in [6, 6.07) is 3.90. The smallest absolute Gasteiger partial charge is 0.410 e. The summed E-state index contributed by atoms with van der Waals surface area (Å²) in [6.07, 6.45) is 4.36. The van der Waals surface area contributed by atoms with Crippen molar-refractivity contribution in [3.05, 3.63) is 24.5 Å². The van der Waals surface area contributed by atoms with E-state index in [-0.39, 0.29) is 6.09 Å². The first-order valence-electron chi connectivity index (χ1n) is 7.06. The summed E-state index contributed by atoms with van der Waals surface area (Å²) in [6.45, 7) is 8.05. The third kappa shape index (κ3) is 4.40. The van der Waals surface area contributed by atoms with Crippen molar-refractivity contribution in [1.29, 1.82) is 0 Å². The lowest BCUT2D eigenvalue weighted by Gasteiger charge is -2.24. The number of carbonyl (C=O) groups is 1. The summed E-state index contributed by atoms with van der Waals surface area (Å²) in [5.41, 5.74) is 0.589. The number of likely N-dealkylation sites (tertiary alicyclic amines) is 1. The number of hydrogen-bond acceptors (Lipinski definition) is 4. The van der Waals surface area contributed by atoms with Crippen molar-refractivity contribution in [3.63, 3.8) is 0 Å². The fourth-order valence-electron chi connectivity index (χ4n) is 2.22. The number of anilines is 1. The Balaban J connectivity index is 1.76. The molecule has 2 heterocycles. The van der Waals surface area contributed by atoms with Crippen LogP contribution in [-0.2, 0) is 4.74 Å². The summed E-state index contributed by atoms with van der Waals surface area (Å²) in [7, 11) is 0. The van der Waals surface area contributed by atoms with Gasteiger partial charge in [0.25, 0.3) is 0 Å². The standard InChI is InChI=1S/C15H23N3O2/c1-15(2,3)20-14(19)18-8-6-12(11-18)9-17-13-5-4-7-16-10-13/h4-5,7,10,12,17H,6,8-9,11H2,1-3H3. The van der Waals surface area contributed by atoms with Crippen LogP contribution in [0.15, 0.2) is 24.5 Å². The van der Waals surface area contributed by atoms with Crippen LogP contribution in [-0.4, -0.2) is 41.2 Å². The van der Waals surface area contributed by atoms with E-state index in [4.69, 9.17) is 4.74 Å². The minimum Gasteiger partial charge on any atom is -0.444 e. The monoisotopic (exact) mass is 277 g/mol. The predicted molar refractivity (Wildman–Crippen MR) is 78.6 cm³/mol. The lowest BCUT2D eigenvalue weighted by atomic mass is 10.1. The SMILES string of the molecule is CC(C)(C)OC(=O)N1CCC(CNc2cccnc2)C1. The molecule has 0 bridgehead atoms. The van der Waals surface area contributed by atoms with Crippen molar-refractivity contribution in [3.8, 4) is 0 Å². The third-order valence-electron chi connectivity index (χ3n) is 3.19. The molecule has 0 radical (unpaired) electrons. The molecule has 0 saturated carbocycles. The van der Waals surface area contributed by atoms with Gasteiger partial charge in [-0.2, -0.15) is 0 Å². The van der Waals surface area contributed by atoms with Crippen LogP contribution in [0.1, 0.15) is 27.2 Å². The molecule has 0 spiro atoms. The van der Waals surface area contributed by atoms with Gasteiger partial charge in [0, 0.05) is 32.0 Å². The molecule has 0 aliphatic carbocycles. The van der Waals surface area contributed by atoms with Gasteiger partial charge >= 0.3 is 6.09 Å². The molecule has 1 saturated heterocycles. The second kappa shape index (κ2) is 6.11. The maximum Gasteiger partial charge on any atom is 0.410 e. The Labute approximate surface area is 120 Å². The molecule has 20 heavy (non-hydrogen) atoms. The van der Waals surface area contributed by atoms with Gasteiger partial charge in [0.1, 0.15) is 5.60 Å². The average Bonchev–Trinajstić information content (AvgIpc) is 2.84. The van der Waals surface area contributed by atoms with Crippen molar-refractivity contribution in [2.75, 3.05) is 25.0 Å². The molecule has 1 aromatic heterocycles. The highest BCUT2D eigenvalue weighted by molar-refractivity contribution is 5.68. The van der Waals surface area contributed by atoms with Gasteiger partial charge in [0.2, 0.25) is 0 Å². The number of rotatable bonds is 3. The Morgan fingerprint density at radius 2 is 2.35 bits per heavy atom. The molecule has 1 aliphatic heterocycles. The fourth-order valence-corrected chi connectivity index (χ4v) is 2.22. The van der Waals surface area contributed by atoms with Gasteiger partial charge in [-0.15, -0.1) is 0 Å². The Morgan fingerprint density at radius 3 is 3.00 bits per heavy atom. The molecule has 1 aromatic rings. The van der Waals surface area contributed by atoms with Crippen LogP contribution in [0.5, 0.6) is 0 Å². The van der Waals surface area contributed by atoms with Crippen molar-refractivity contribution in [1.82, 2.24) is 9.88 Å². The lowest BCUT2D eigenvalue weighted by molar-refractivity contribution is 0.0289. The largest absolute Gasteiger partial charge is 0.444 e. The number of nitrogens with zero attached hydrogens (tertiary/aromatic N) is 2. The van der Waals surface area contributed by atoms with Crippen LogP contribution in [0.3, 0.4) is 0 Å². The van der Waals surface area contributed by atoms with Crippen molar-refractivity contribution < 1.29 is 9.53 Å². The van der Waals surface area contributed by atoms with Gasteiger partial charge in [-0.05, 0) is 45.2 Å². The molecule has 1 amide bonds. The number of hydrogen-bond donors (Lipinski definition) is 1. The number of amides is 1. The zero-order valence-corrected chi connectivity index (χ0v) is 12.4. The van der Waals surface area contributed by atoms with Crippen LogP contribution in [0.25, 0.3) is 0 Å². The van der Waals surface area contributed by atoms with Crippen LogP contribution < -0.4 is 5.32 Å². The quantitative estimate of drug-likeness (QED) is 0.923. The van der Waals surface area contributed by atoms with Crippen LogP contribution in [0, 0.1) is 5.92 Å². The number of carbonyl (C=O) groups excluding carboxylic acids is 1. The minimum atomic E-state index is -0.427. The lowest BCUT2D eigenvalue weighted by Crippen LogP contribution is -2.35. The highest BCUT2D eigenvalue weighted by Crippen LogP contribution is 2.20. The summed E-state index contributed by atoms with van der Waals surface area (Å²) >= 11 is 0. The molecule has 1 unspecified atom stereocenters. The zero-order chi connectivity index (χ0) is 14.6. The Kier molecular flexibility index (Phi) is 4.47. The summed E-state index contributed by atoms with van der Waals surface area (Å²) in [5.74, 6) is 0.461. The molecule has 0 aromatic carbocycles. The molecule has 5 nitrogen and oxygen atoms in total. The van der Waals surface area contributed by atoms with Gasteiger partial charge in [0.05, 0.1) is 5.69 Å². The van der Waals surface area contributed by atoms with E-state index < -0.39 is 5.60 Å². The molecule has 110 valence electrons. The molecule has 1 fully saturated rings. The van der Waals surface area contributed by atoms with Crippen molar-refractivity contribution >= 4 is 11.8 Å². The van der Waals surface area contributed by atoms with E-state index in [2.05, 4.69) is 10.3 Å². The predicted octanol–water partition coefficient (Wildman–Crippen LogP) is 2.75. The van der Waals surface area contributed by atoms with Gasteiger partial charge in [-0.3, -0.25) is 4.98 Å². The van der Waals surface area contributed by atoms with E-state index in [1.54, 1.807) is 17.3 Å². The number of pyridine rings is 1. The maximum atomic E-state index is 12.0. The molecular formula is C15H23N3O2. The average molecular weight is 277 g/mol. The zero-order valence-electron chi connectivity index (χ0n) is 12.4. The fraction of sp³-hybridized carbons (Fsp3) is 0.600. The normalized spacial score (nSPS) is 18.9. The summed E-state index contributed by atoms with van der Waals surface area (Å²) in [5, 5.41) is 3.35. The minimum absolute atomic E-state index is 0.207. The first-order chi connectivity index (χ1) is 9.44. The van der Waals surface area contributed by atoms with E-state index in [9.17, 15) is 4.79 Å². The van der Waals surface area contributed by atoms with Gasteiger partial charge < -0.3 is 15.0 Å². The molecule has 1 aliphatic rings. The van der Waals surface area contributed by atoms with E-state index in [1.807, 2.05) is 32.9 Å². The molecule has 5 heteroatoms. The second-order valence-electron chi connectivity index (χ2n) is 6.20. The van der Waals surface area contributed by atoms with Crippen LogP contribution in [0.4, 0.5) is 10.5 Å². The topological polar surface area (TPSA) is 54.5 Å². The third-order valence-corrected chi connectivity index (χ3v) is 3.19. The summed E-state index contributed by atoms with van der Waals surface area (Å²) in [4.78, 5) is 17.8. The summed E-state index contributed by atoms with van der Waals surface area (Å²) < 4.78 is 5.39. The molecule has 1 N–H and O–H groups in total. The Bertz CT molecular complexity index is 442. The highest BCUT2D eigenvalue weighted by atomic mass is 16.6. The highest BCUT2D eigenvalue weighted by Gasteiger charge is 2.29. The van der Waals surface area contributed by atoms with E-state index in [0.717, 1.165) is 31.7 Å². The second-order valence-corrected chi connectivity index (χ2v) is 6.20. The maximum absolute atomic E-state index is 12.0. The van der Waals surface area contributed by atoms with Gasteiger partial charge in [0.15, 0.2) is 0 Å². The van der Waals surface area contributed by atoms with Crippen LogP contribution in [0.2, 0.25) is 0 Å². The van der Waals surface area contributed by atoms with Crippen molar-refractivity contribution in [2.45, 2.75) is 32.8 Å². The molecular weight excluding hydrogens is 254 g/mol. The van der Waals surface area contributed by atoms with E-state index in [0.29, 0.717) is 5.92 Å². The first-order valence-corrected chi connectivity index (χ1v) is 7.06. The van der Waals surface area contributed by atoms with Crippen molar-refractivity contribution in [2.24, 2.45) is 5.92 Å². The van der Waals surface area contributed by atoms with Crippen LogP contribution >= 0.6 is 0 Å². The number of aromatic nitrogens is 1. The Morgan fingerprint density at radius 1 is 1.55 bits per heavy atom. The number of ether oxygens (including phenoxy) is 1. The molecule has 1 atom stereocenters. The van der Waals surface area contributed by atoms with Gasteiger partial charge in [-0.1, -0.05) is 0 Å². The van der Waals surface area contributed by atoms with E-state index in [1.165, 1.54) is 0 Å². The first kappa shape index (κ1) is 14.6. The number of nitrogens with one attached hydrogen (secondary N) is 1. The van der Waals surface area contributed by atoms with Gasteiger partial charge in [-0.25, -0.2) is 4.79 Å². The van der Waals surface area contributed by atoms with E-state index >= 15 is 0 Å².